The van der Waals surface area contributed by atoms with E-state index in [0.717, 1.165) is 36.1 Å². The Morgan fingerprint density at radius 2 is 1.81 bits per heavy atom. The second-order valence-electron chi connectivity index (χ2n) is 8.50. The Morgan fingerprint density at radius 3 is 2.38 bits per heavy atom. The first-order chi connectivity index (χ1) is 15.1. The second kappa shape index (κ2) is 10.1. The maximum Gasteiger partial charge on any atom is 0.338 e. The monoisotopic (exact) mass is 478 g/mol. The van der Waals surface area contributed by atoms with Crippen molar-refractivity contribution in [1.82, 2.24) is 4.72 Å². The van der Waals surface area contributed by atoms with Gasteiger partial charge in [0.05, 0.1) is 17.4 Å². The van der Waals surface area contributed by atoms with Gasteiger partial charge in [-0.15, -0.1) is 11.3 Å². The zero-order valence-corrected chi connectivity index (χ0v) is 20.2. The van der Waals surface area contributed by atoms with Crippen molar-refractivity contribution in [3.8, 4) is 10.4 Å². The van der Waals surface area contributed by atoms with Crippen molar-refractivity contribution in [3.05, 3.63) is 42.0 Å². The number of aromatic carboxylic acids is 1. The molecule has 1 atom stereocenters. The fraction of sp³-hybridized carbons (Fsp3) is 0.478. The number of rotatable bonds is 8. The van der Waals surface area contributed by atoms with Crippen LogP contribution in [0.2, 0.25) is 0 Å². The molecule has 1 saturated carbocycles. The number of nitrogens with zero attached hydrogens (tertiary/aromatic N) is 1. The van der Waals surface area contributed by atoms with Crippen molar-refractivity contribution < 1.29 is 23.1 Å². The Balaban J connectivity index is 2.06. The summed E-state index contributed by atoms with van der Waals surface area (Å²) >= 11 is 1.21. The number of hydrogen-bond acceptors (Lipinski definition) is 5. The maximum atomic E-state index is 13.7. The van der Waals surface area contributed by atoms with E-state index >= 15 is 0 Å². The highest BCUT2D eigenvalue weighted by molar-refractivity contribution is 7.89. The number of hydrogen-bond donors (Lipinski definition) is 2. The van der Waals surface area contributed by atoms with Gasteiger partial charge in [0.25, 0.3) is 0 Å². The van der Waals surface area contributed by atoms with Gasteiger partial charge in [0.1, 0.15) is 5.00 Å². The molecule has 174 valence electrons. The summed E-state index contributed by atoms with van der Waals surface area (Å²) in [6, 6.07) is 10.2. The second-order valence-corrected chi connectivity index (χ2v) is 11.5. The molecule has 9 heteroatoms. The van der Waals surface area contributed by atoms with Crippen LogP contribution in [0, 0.1) is 11.8 Å². The van der Waals surface area contributed by atoms with E-state index in [9.17, 15) is 23.1 Å². The van der Waals surface area contributed by atoms with E-state index in [2.05, 4.69) is 11.6 Å². The molecule has 1 fully saturated rings. The zero-order valence-electron chi connectivity index (χ0n) is 18.6. The lowest BCUT2D eigenvalue weighted by Gasteiger charge is -2.34. The number of sulfonamides is 1. The highest BCUT2D eigenvalue weighted by atomic mass is 32.2. The number of amides is 1. The van der Waals surface area contributed by atoms with Gasteiger partial charge >= 0.3 is 5.97 Å². The van der Waals surface area contributed by atoms with Gasteiger partial charge in [-0.2, -0.15) is 0 Å². The molecule has 1 aromatic heterocycles. The molecule has 2 aromatic rings. The molecule has 0 spiro atoms. The van der Waals surface area contributed by atoms with Crippen molar-refractivity contribution in [1.29, 1.82) is 0 Å². The third kappa shape index (κ3) is 5.57. The van der Waals surface area contributed by atoms with Crippen LogP contribution < -0.4 is 9.62 Å². The van der Waals surface area contributed by atoms with Gasteiger partial charge in [-0.05, 0) is 57.2 Å². The van der Waals surface area contributed by atoms with Crippen LogP contribution in [0.15, 0.2) is 36.4 Å². The fourth-order valence-electron chi connectivity index (χ4n) is 4.15. The first-order valence-corrected chi connectivity index (χ1v) is 13.3. The van der Waals surface area contributed by atoms with Gasteiger partial charge in [0.15, 0.2) is 0 Å². The summed E-state index contributed by atoms with van der Waals surface area (Å²) in [5, 5.41) is 10.2. The van der Waals surface area contributed by atoms with E-state index in [4.69, 9.17) is 0 Å². The molecule has 1 unspecified atom stereocenters. The molecule has 1 aliphatic carbocycles. The predicted octanol–water partition coefficient (Wildman–Crippen LogP) is 4.21. The van der Waals surface area contributed by atoms with Crippen molar-refractivity contribution in [2.75, 3.05) is 17.7 Å². The zero-order chi connectivity index (χ0) is 23.5. The summed E-state index contributed by atoms with van der Waals surface area (Å²) in [6.45, 7) is 3.82. The fourth-order valence-corrected chi connectivity index (χ4v) is 6.37. The van der Waals surface area contributed by atoms with E-state index < -0.39 is 22.0 Å². The lowest BCUT2D eigenvalue weighted by molar-refractivity contribution is -0.123. The molecule has 2 N–H and O–H groups in total. The van der Waals surface area contributed by atoms with Gasteiger partial charge in [0.2, 0.25) is 15.9 Å². The molecule has 1 aromatic carbocycles. The molecular formula is C23H30N2O5S2. The van der Waals surface area contributed by atoms with E-state index in [-0.39, 0.29) is 23.1 Å². The number of carboxylic acids is 1. The van der Waals surface area contributed by atoms with Crippen LogP contribution in [0.25, 0.3) is 10.4 Å². The summed E-state index contributed by atoms with van der Waals surface area (Å²) in [7, 11) is -2.28. The Labute approximate surface area is 193 Å². The summed E-state index contributed by atoms with van der Waals surface area (Å²) in [5.41, 5.74) is 0.862. The van der Waals surface area contributed by atoms with E-state index in [0.29, 0.717) is 10.9 Å². The summed E-state index contributed by atoms with van der Waals surface area (Å²) in [6.07, 6.45) is 3.31. The van der Waals surface area contributed by atoms with Gasteiger partial charge in [-0.25, -0.2) is 17.9 Å². The molecule has 3 rings (SSSR count). The van der Waals surface area contributed by atoms with Crippen molar-refractivity contribution in [2.45, 2.75) is 45.6 Å². The van der Waals surface area contributed by atoms with Crippen LogP contribution in [0.3, 0.4) is 0 Å². The van der Waals surface area contributed by atoms with Crippen LogP contribution in [0.1, 0.15) is 49.9 Å². The summed E-state index contributed by atoms with van der Waals surface area (Å²) < 4.78 is 26.8. The Morgan fingerprint density at radius 1 is 1.19 bits per heavy atom. The number of carbonyl (C=O) groups excluding carboxylic acids is 1. The third-order valence-electron chi connectivity index (χ3n) is 6.03. The number of carbonyl (C=O) groups is 2. The summed E-state index contributed by atoms with van der Waals surface area (Å²) in [4.78, 5) is 27.9. The standard InChI is InChI=1S/C23H30N2O5S2/c1-15-9-11-18(12-10-15)21(26)25(16(2)14-32(29,30)24-3)22-19(23(27)28)13-20(31-22)17-7-5-4-6-8-17/h4-8,13,15-16,18,24H,9-12,14H2,1-3H3,(H,27,28)/t15-,16?,18-. The topological polar surface area (TPSA) is 104 Å². The highest BCUT2D eigenvalue weighted by Crippen LogP contribution is 2.41. The Bertz CT molecular complexity index is 1060. The van der Waals surface area contributed by atoms with Crippen LogP contribution >= 0.6 is 11.3 Å². The minimum Gasteiger partial charge on any atom is -0.478 e. The number of nitrogens with one attached hydrogen (secondary N) is 1. The van der Waals surface area contributed by atoms with Gasteiger partial charge < -0.3 is 5.11 Å². The quantitative estimate of drug-likeness (QED) is 0.591. The average molecular weight is 479 g/mol. The first-order valence-electron chi connectivity index (χ1n) is 10.8. The van der Waals surface area contributed by atoms with Gasteiger partial charge in [-0.3, -0.25) is 9.69 Å². The largest absolute Gasteiger partial charge is 0.478 e. The summed E-state index contributed by atoms with van der Waals surface area (Å²) in [5.74, 6) is -1.34. The first kappa shape index (κ1) is 24.4. The maximum absolute atomic E-state index is 13.7. The lowest BCUT2D eigenvalue weighted by Crippen LogP contribution is -2.47. The molecule has 0 saturated heterocycles. The van der Waals surface area contributed by atoms with Crippen molar-refractivity contribution >= 4 is 38.2 Å². The number of carboxylic acid groups (broad SMARTS) is 1. The minimum absolute atomic E-state index is 0.0140. The number of thiophene rings is 1. The SMILES string of the molecule is CNS(=O)(=O)CC(C)N(c1sc(-c2ccccc2)cc1C(=O)O)C(=O)[C@H]1CC[C@H](C)CC1. The third-order valence-corrected chi connectivity index (χ3v) is 8.76. The van der Waals surface area contributed by atoms with E-state index in [1.807, 2.05) is 30.3 Å². The Hall–Kier alpha value is -2.23. The molecule has 1 heterocycles. The van der Waals surface area contributed by atoms with E-state index in [1.165, 1.54) is 23.3 Å². The molecule has 1 aliphatic rings. The van der Waals surface area contributed by atoms with Crippen LogP contribution in [0.4, 0.5) is 5.00 Å². The lowest BCUT2D eigenvalue weighted by atomic mass is 9.82. The van der Waals surface area contributed by atoms with Crippen molar-refractivity contribution in [3.63, 3.8) is 0 Å². The number of anilines is 1. The molecule has 0 bridgehead atoms. The van der Waals surface area contributed by atoms with Crippen LogP contribution in [-0.4, -0.2) is 44.2 Å². The normalized spacial score (nSPS) is 20.0. The smallest absolute Gasteiger partial charge is 0.338 e. The van der Waals surface area contributed by atoms with E-state index in [1.54, 1.807) is 13.0 Å². The average Bonchev–Trinajstić information content (AvgIpc) is 3.20. The molecule has 0 aliphatic heterocycles. The van der Waals surface area contributed by atoms with Gasteiger partial charge in [-0.1, -0.05) is 37.3 Å². The van der Waals surface area contributed by atoms with Crippen molar-refractivity contribution in [2.24, 2.45) is 11.8 Å². The predicted molar refractivity (Wildman–Crippen MR) is 128 cm³/mol. The van der Waals surface area contributed by atoms with Crippen LogP contribution in [-0.2, 0) is 14.8 Å². The van der Waals surface area contributed by atoms with Gasteiger partial charge in [0, 0.05) is 10.8 Å². The highest BCUT2D eigenvalue weighted by Gasteiger charge is 2.36. The molecule has 0 radical (unpaired) electrons. The minimum atomic E-state index is -3.61. The molecular weight excluding hydrogens is 448 g/mol. The molecule has 32 heavy (non-hydrogen) atoms. The number of benzene rings is 1. The Kier molecular flexibility index (Phi) is 7.74. The molecule has 7 nitrogen and oxygen atoms in total. The molecule has 1 amide bonds. The van der Waals surface area contributed by atoms with Crippen LogP contribution in [0.5, 0.6) is 0 Å².